The summed E-state index contributed by atoms with van der Waals surface area (Å²) < 4.78 is 25.5. The summed E-state index contributed by atoms with van der Waals surface area (Å²) in [5, 5.41) is 9.33. The van der Waals surface area contributed by atoms with E-state index in [9.17, 15) is 13.9 Å². The van der Waals surface area contributed by atoms with Crippen LogP contribution in [0.15, 0.2) is 12.1 Å². The molecule has 3 N–H and O–H groups in total. The Balaban J connectivity index is 3.02. The first-order valence-electron chi connectivity index (χ1n) is 4.49. The highest BCUT2D eigenvalue weighted by Gasteiger charge is 2.14. The monoisotopic (exact) mass is 201 g/mol. The van der Waals surface area contributed by atoms with Crippen LogP contribution in [-0.4, -0.2) is 5.11 Å². The molecule has 0 aliphatic heterocycles. The molecule has 0 spiro atoms. The van der Waals surface area contributed by atoms with Crippen LogP contribution in [0.1, 0.15) is 31.4 Å². The molecule has 1 aromatic rings. The number of nitrogens with two attached hydrogens (primary N) is 1. The molecule has 0 radical (unpaired) electrons. The zero-order valence-electron chi connectivity index (χ0n) is 7.93. The lowest BCUT2D eigenvalue weighted by Crippen LogP contribution is -2.10. The molecule has 0 heterocycles. The van der Waals surface area contributed by atoms with Crippen LogP contribution in [-0.2, 0) is 0 Å². The van der Waals surface area contributed by atoms with Gasteiger partial charge in [-0.3, -0.25) is 0 Å². The van der Waals surface area contributed by atoms with Crippen LogP contribution in [0.25, 0.3) is 0 Å². The standard InChI is InChI=1S/C10H13F2NO/c1-2-3-9(13)6-4-7(11)8(12)5-10(6)14/h4-5,9,14H,2-3,13H2,1H3/t9-/m0/s1. The third kappa shape index (κ3) is 2.20. The maximum Gasteiger partial charge on any atom is 0.162 e. The topological polar surface area (TPSA) is 46.2 Å². The largest absolute Gasteiger partial charge is 0.507 e. The average Bonchev–Trinajstić information content (AvgIpc) is 2.11. The minimum Gasteiger partial charge on any atom is -0.507 e. The predicted octanol–water partition coefficient (Wildman–Crippen LogP) is 2.47. The molecule has 14 heavy (non-hydrogen) atoms. The second-order valence-electron chi connectivity index (χ2n) is 3.22. The van der Waals surface area contributed by atoms with Crippen LogP contribution in [0.2, 0.25) is 0 Å². The van der Waals surface area contributed by atoms with Crippen molar-refractivity contribution in [3.8, 4) is 5.75 Å². The van der Waals surface area contributed by atoms with Crippen molar-refractivity contribution in [2.75, 3.05) is 0 Å². The highest BCUT2D eigenvalue weighted by Crippen LogP contribution is 2.27. The Hall–Kier alpha value is -1.16. The number of hydrogen-bond acceptors (Lipinski definition) is 2. The van der Waals surface area contributed by atoms with E-state index in [-0.39, 0.29) is 11.3 Å². The van der Waals surface area contributed by atoms with Crippen molar-refractivity contribution in [1.82, 2.24) is 0 Å². The lowest BCUT2D eigenvalue weighted by Gasteiger charge is -2.12. The van der Waals surface area contributed by atoms with Crippen LogP contribution in [0.5, 0.6) is 5.75 Å². The molecule has 0 aromatic heterocycles. The van der Waals surface area contributed by atoms with Crippen molar-refractivity contribution >= 4 is 0 Å². The van der Waals surface area contributed by atoms with Gasteiger partial charge in [0.25, 0.3) is 0 Å². The Morgan fingerprint density at radius 3 is 2.50 bits per heavy atom. The number of phenols is 1. The summed E-state index contributed by atoms with van der Waals surface area (Å²) in [4.78, 5) is 0. The molecule has 0 bridgehead atoms. The second kappa shape index (κ2) is 4.37. The summed E-state index contributed by atoms with van der Waals surface area (Å²) in [7, 11) is 0. The van der Waals surface area contributed by atoms with Crippen molar-refractivity contribution in [1.29, 1.82) is 0 Å². The molecule has 1 aromatic carbocycles. The summed E-state index contributed by atoms with van der Waals surface area (Å²) in [6.07, 6.45) is 1.44. The molecule has 0 aliphatic carbocycles. The van der Waals surface area contributed by atoms with E-state index in [1.807, 2.05) is 6.92 Å². The average molecular weight is 201 g/mol. The minimum absolute atomic E-state index is 0.255. The van der Waals surface area contributed by atoms with Gasteiger partial charge >= 0.3 is 0 Å². The Morgan fingerprint density at radius 1 is 1.36 bits per heavy atom. The fraction of sp³-hybridized carbons (Fsp3) is 0.400. The normalized spacial score (nSPS) is 12.9. The molecule has 0 fully saturated rings. The lowest BCUT2D eigenvalue weighted by atomic mass is 10.0. The first-order chi connectivity index (χ1) is 6.56. The maximum atomic E-state index is 12.8. The molecule has 2 nitrogen and oxygen atoms in total. The molecule has 1 rings (SSSR count). The highest BCUT2D eigenvalue weighted by atomic mass is 19.2. The van der Waals surface area contributed by atoms with Crippen LogP contribution in [0, 0.1) is 11.6 Å². The van der Waals surface area contributed by atoms with E-state index in [0.29, 0.717) is 6.42 Å². The molecule has 0 aliphatic rings. The van der Waals surface area contributed by atoms with E-state index in [4.69, 9.17) is 5.73 Å². The fourth-order valence-electron chi connectivity index (χ4n) is 1.32. The van der Waals surface area contributed by atoms with Crippen molar-refractivity contribution in [3.05, 3.63) is 29.3 Å². The summed E-state index contributed by atoms with van der Waals surface area (Å²) >= 11 is 0. The van der Waals surface area contributed by atoms with E-state index in [1.165, 1.54) is 0 Å². The zero-order chi connectivity index (χ0) is 10.7. The summed E-state index contributed by atoms with van der Waals surface area (Å²) in [5.41, 5.74) is 5.93. The maximum absolute atomic E-state index is 12.8. The number of phenolic OH excluding ortho intramolecular Hbond substituents is 1. The number of aromatic hydroxyl groups is 1. The van der Waals surface area contributed by atoms with Crippen molar-refractivity contribution in [2.24, 2.45) is 5.73 Å². The lowest BCUT2D eigenvalue weighted by molar-refractivity contribution is 0.438. The molecule has 0 unspecified atom stereocenters. The summed E-state index contributed by atoms with van der Waals surface area (Å²) in [5.74, 6) is -2.33. The van der Waals surface area contributed by atoms with Gasteiger partial charge in [0.2, 0.25) is 0 Å². The Morgan fingerprint density at radius 2 is 1.93 bits per heavy atom. The summed E-state index contributed by atoms with van der Waals surface area (Å²) in [6, 6.07) is 1.25. The van der Waals surface area contributed by atoms with Crippen LogP contribution in [0.4, 0.5) is 8.78 Å². The second-order valence-corrected chi connectivity index (χ2v) is 3.22. The molecule has 1 atom stereocenters. The third-order valence-corrected chi connectivity index (χ3v) is 2.07. The van der Waals surface area contributed by atoms with Crippen LogP contribution >= 0.6 is 0 Å². The third-order valence-electron chi connectivity index (χ3n) is 2.07. The molecule has 0 amide bonds. The molecular weight excluding hydrogens is 188 g/mol. The molecule has 4 heteroatoms. The SMILES string of the molecule is CCC[C@H](N)c1cc(F)c(F)cc1O. The van der Waals surface area contributed by atoms with Gasteiger partial charge in [-0.15, -0.1) is 0 Å². The van der Waals surface area contributed by atoms with Gasteiger partial charge < -0.3 is 10.8 Å². The first kappa shape index (κ1) is 10.9. The Kier molecular flexibility index (Phi) is 3.41. The molecule has 78 valence electrons. The highest BCUT2D eigenvalue weighted by molar-refractivity contribution is 5.35. The minimum atomic E-state index is -1.06. The van der Waals surface area contributed by atoms with E-state index in [2.05, 4.69) is 0 Å². The van der Waals surface area contributed by atoms with Crippen LogP contribution in [0.3, 0.4) is 0 Å². The quantitative estimate of drug-likeness (QED) is 0.789. The van der Waals surface area contributed by atoms with Crippen molar-refractivity contribution < 1.29 is 13.9 Å². The Bertz CT molecular complexity index is 328. The van der Waals surface area contributed by atoms with E-state index < -0.39 is 17.7 Å². The van der Waals surface area contributed by atoms with E-state index in [0.717, 1.165) is 18.6 Å². The first-order valence-corrected chi connectivity index (χ1v) is 4.49. The van der Waals surface area contributed by atoms with Gasteiger partial charge in [-0.05, 0) is 12.5 Å². The fourth-order valence-corrected chi connectivity index (χ4v) is 1.32. The van der Waals surface area contributed by atoms with Gasteiger partial charge in [0.15, 0.2) is 11.6 Å². The van der Waals surface area contributed by atoms with E-state index in [1.54, 1.807) is 0 Å². The van der Waals surface area contributed by atoms with Crippen molar-refractivity contribution in [3.63, 3.8) is 0 Å². The predicted molar refractivity (Wildman–Crippen MR) is 49.9 cm³/mol. The van der Waals surface area contributed by atoms with Gasteiger partial charge in [0.05, 0.1) is 0 Å². The van der Waals surface area contributed by atoms with Gasteiger partial charge in [0, 0.05) is 17.7 Å². The zero-order valence-corrected chi connectivity index (χ0v) is 7.93. The van der Waals surface area contributed by atoms with E-state index >= 15 is 0 Å². The number of hydrogen-bond donors (Lipinski definition) is 2. The summed E-state index contributed by atoms with van der Waals surface area (Å²) in [6.45, 7) is 1.93. The van der Waals surface area contributed by atoms with Gasteiger partial charge in [-0.25, -0.2) is 8.78 Å². The van der Waals surface area contributed by atoms with Gasteiger partial charge in [-0.1, -0.05) is 13.3 Å². The van der Waals surface area contributed by atoms with Gasteiger partial charge in [-0.2, -0.15) is 0 Å². The van der Waals surface area contributed by atoms with Crippen LogP contribution < -0.4 is 5.73 Å². The number of rotatable bonds is 3. The number of benzene rings is 1. The molecular formula is C10H13F2NO. The smallest absolute Gasteiger partial charge is 0.162 e. The molecule has 0 saturated carbocycles. The number of halogens is 2. The van der Waals surface area contributed by atoms with Crippen molar-refractivity contribution in [2.45, 2.75) is 25.8 Å². The molecule has 0 saturated heterocycles. The Labute approximate surface area is 81.4 Å². The van der Waals surface area contributed by atoms with Gasteiger partial charge in [0.1, 0.15) is 5.75 Å².